The van der Waals surface area contributed by atoms with E-state index in [2.05, 4.69) is 10.1 Å². The van der Waals surface area contributed by atoms with Gasteiger partial charge in [-0.15, -0.1) is 5.10 Å². The Balaban J connectivity index is 2.52. The zero-order chi connectivity index (χ0) is 12.7. The first-order chi connectivity index (χ1) is 8.17. The molecule has 1 aromatic heterocycles. The monoisotopic (exact) mass is 243 g/mol. The fourth-order valence-electron chi connectivity index (χ4n) is 1.31. The van der Waals surface area contributed by atoms with Crippen LogP contribution in [0.25, 0.3) is 0 Å². The molecular formula is C9H17N5O3. The van der Waals surface area contributed by atoms with Gasteiger partial charge in [0.15, 0.2) is 0 Å². The van der Waals surface area contributed by atoms with Crippen molar-refractivity contribution in [3.63, 3.8) is 0 Å². The Hall–Kier alpha value is -1.67. The number of aliphatic hydroxyl groups is 1. The summed E-state index contributed by atoms with van der Waals surface area (Å²) in [6.07, 6.45) is 1.39. The normalized spacial score (nSPS) is 10.5. The predicted octanol–water partition coefficient (Wildman–Crippen LogP) is -1.67. The van der Waals surface area contributed by atoms with Crippen LogP contribution < -0.4 is 5.73 Å². The molecule has 0 saturated carbocycles. The van der Waals surface area contributed by atoms with Crippen molar-refractivity contribution in [1.82, 2.24) is 19.7 Å². The number of nitrogen functional groups attached to an aromatic ring is 1. The Bertz CT molecular complexity index is 354. The number of anilines is 1. The van der Waals surface area contributed by atoms with E-state index in [1.54, 1.807) is 7.11 Å². The van der Waals surface area contributed by atoms with Crippen molar-refractivity contribution in [2.24, 2.45) is 0 Å². The first-order valence-electron chi connectivity index (χ1n) is 5.20. The van der Waals surface area contributed by atoms with Crippen LogP contribution in [-0.2, 0) is 16.1 Å². The van der Waals surface area contributed by atoms with Crippen LogP contribution in [0.1, 0.15) is 0 Å². The topological polar surface area (TPSA) is 106 Å². The summed E-state index contributed by atoms with van der Waals surface area (Å²) in [6, 6.07) is 0. The molecular weight excluding hydrogens is 226 g/mol. The van der Waals surface area contributed by atoms with Gasteiger partial charge in [-0.3, -0.25) is 4.79 Å². The molecule has 8 heteroatoms. The van der Waals surface area contributed by atoms with Crippen LogP contribution in [0.2, 0.25) is 0 Å². The van der Waals surface area contributed by atoms with Crippen molar-refractivity contribution in [2.45, 2.75) is 6.54 Å². The highest BCUT2D eigenvalue weighted by atomic mass is 16.5. The van der Waals surface area contributed by atoms with Gasteiger partial charge in [-0.2, -0.15) is 0 Å². The van der Waals surface area contributed by atoms with Gasteiger partial charge in [0.2, 0.25) is 11.9 Å². The van der Waals surface area contributed by atoms with Crippen molar-refractivity contribution in [2.75, 3.05) is 39.1 Å². The molecule has 1 aromatic rings. The van der Waals surface area contributed by atoms with Gasteiger partial charge in [0, 0.05) is 20.2 Å². The average Bonchev–Trinajstić information content (AvgIpc) is 2.70. The molecule has 3 N–H and O–H groups in total. The van der Waals surface area contributed by atoms with Crippen molar-refractivity contribution >= 4 is 11.9 Å². The highest BCUT2D eigenvalue weighted by molar-refractivity contribution is 5.75. The number of carbonyl (C=O) groups excluding carboxylic acids is 1. The number of aliphatic hydroxyl groups excluding tert-OH is 1. The largest absolute Gasteiger partial charge is 0.395 e. The van der Waals surface area contributed by atoms with Crippen molar-refractivity contribution in [1.29, 1.82) is 0 Å². The second kappa shape index (κ2) is 6.81. The second-order valence-electron chi connectivity index (χ2n) is 3.40. The summed E-state index contributed by atoms with van der Waals surface area (Å²) in [7, 11) is 1.56. The summed E-state index contributed by atoms with van der Waals surface area (Å²) in [5.74, 6) is -0.0376. The molecule has 1 heterocycles. The third-order valence-corrected chi connectivity index (χ3v) is 2.14. The van der Waals surface area contributed by atoms with E-state index in [9.17, 15) is 4.79 Å². The Kier molecular flexibility index (Phi) is 5.37. The van der Waals surface area contributed by atoms with Gasteiger partial charge in [-0.1, -0.05) is 0 Å². The fourth-order valence-corrected chi connectivity index (χ4v) is 1.31. The molecule has 0 aliphatic carbocycles. The lowest BCUT2D eigenvalue weighted by Crippen LogP contribution is -2.38. The van der Waals surface area contributed by atoms with Gasteiger partial charge in [0.25, 0.3) is 0 Å². The number of carbonyl (C=O) groups is 1. The van der Waals surface area contributed by atoms with Crippen LogP contribution in [0.4, 0.5) is 5.95 Å². The molecule has 0 radical (unpaired) electrons. The van der Waals surface area contributed by atoms with Gasteiger partial charge in [0.1, 0.15) is 12.9 Å². The molecule has 0 unspecified atom stereocenters. The molecule has 0 saturated heterocycles. The molecule has 0 aliphatic rings. The summed E-state index contributed by atoms with van der Waals surface area (Å²) >= 11 is 0. The highest BCUT2D eigenvalue weighted by Crippen LogP contribution is 1.95. The molecule has 1 amide bonds. The molecule has 0 spiro atoms. The number of nitrogens with two attached hydrogens (primary N) is 1. The Morgan fingerprint density at radius 1 is 1.65 bits per heavy atom. The standard InChI is InChI=1S/C9H17N5O3/c1-17-5-3-13(2-4-15)8(16)6-14-7-11-9(10)12-14/h7,15H,2-6H2,1H3,(H2,10,12). The molecule has 0 bridgehead atoms. The number of rotatable bonds is 7. The van der Waals surface area contributed by atoms with Crippen LogP contribution in [-0.4, -0.2) is 64.1 Å². The van der Waals surface area contributed by atoms with E-state index >= 15 is 0 Å². The number of methoxy groups -OCH3 is 1. The molecule has 0 aromatic carbocycles. The van der Waals surface area contributed by atoms with Crippen LogP contribution in [0.5, 0.6) is 0 Å². The number of hydrogen-bond acceptors (Lipinski definition) is 6. The third kappa shape index (κ3) is 4.37. The summed E-state index contributed by atoms with van der Waals surface area (Å²) in [6.45, 7) is 1.08. The molecule has 0 aliphatic heterocycles. The Morgan fingerprint density at radius 2 is 2.41 bits per heavy atom. The molecule has 0 fully saturated rings. The number of amides is 1. The van der Waals surface area contributed by atoms with Crippen LogP contribution in [0, 0.1) is 0 Å². The first kappa shape index (κ1) is 13.4. The maximum atomic E-state index is 11.8. The maximum Gasteiger partial charge on any atom is 0.244 e. The zero-order valence-electron chi connectivity index (χ0n) is 9.74. The number of nitrogens with zero attached hydrogens (tertiary/aromatic N) is 4. The van der Waals surface area contributed by atoms with E-state index < -0.39 is 0 Å². The number of hydrogen-bond donors (Lipinski definition) is 2. The third-order valence-electron chi connectivity index (χ3n) is 2.14. The minimum absolute atomic E-state index is 0.0495. The van der Waals surface area contributed by atoms with Crippen LogP contribution >= 0.6 is 0 Å². The highest BCUT2D eigenvalue weighted by Gasteiger charge is 2.13. The minimum atomic E-state index is -0.166. The molecule has 0 atom stereocenters. The first-order valence-corrected chi connectivity index (χ1v) is 5.20. The molecule has 8 nitrogen and oxygen atoms in total. The van der Waals surface area contributed by atoms with E-state index in [0.29, 0.717) is 13.2 Å². The van der Waals surface area contributed by atoms with E-state index in [4.69, 9.17) is 15.6 Å². The second-order valence-corrected chi connectivity index (χ2v) is 3.40. The van der Waals surface area contributed by atoms with E-state index in [-0.39, 0.29) is 31.6 Å². The Morgan fingerprint density at radius 3 is 2.94 bits per heavy atom. The Labute approximate surface area is 99.0 Å². The van der Waals surface area contributed by atoms with Gasteiger partial charge in [0.05, 0.1) is 13.2 Å². The van der Waals surface area contributed by atoms with Crippen molar-refractivity contribution in [3.05, 3.63) is 6.33 Å². The lowest BCUT2D eigenvalue weighted by Gasteiger charge is -2.21. The number of aromatic nitrogens is 3. The minimum Gasteiger partial charge on any atom is -0.395 e. The smallest absolute Gasteiger partial charge is 0.244 e. The van der Waals surface area contributed by atoms with E-state index in [0.717, 1.165) is 0 Å². The lowest BCUT2D eigenvalue weighted by atomic mass is 10.4. The van der Waals surface area contributed by atoms with E-state index in [1.165, 1.54) is 15.9 Å². The van der Waals surface area contributed by atoms with Gasteiger partial charge in [-0.05, 0) is 0 Å². The summed E-state index contributed by atoms with van der Waals surface area (Å²) < 4.78 is 6.25. The lowest BCUT2D eigenvalue weighted by molar-refractivity contribution is -0.133. The average molecular weight is 243 g/mol. The summed E-state index contributed by atoms with van der Waals surface area (Å²) in [5.41, 5.74) is 5.34. The quantitative estimate of drug-likeness (QED) is 0.593. The van der Waals surface area contributed by atoms with Crippen LogP contribution in [0.15, 0.2) is 6.33 Å². The zero-order valence-corrected chi connectivity index (χ0v) is 9.74. The van der Waals surface area contributed by atoms with Gasteiger partial charge < -0.3 is 20.5 Å². The molecule has 17 heavy (non-hydrogen) atoms. The SMILES string of the molecule is COCCN(CCO)C(=O)Cn1cnc(N)n1. The molecule has 96 valence electrons. The molecule has 1 rings (SSSR count). The number of ether oxygens (including phenoxy) is 1. The van der Waals surface area contributed by atoms with Crippen LogP contribution in [0.3, 0.4) is 0 Å². The van der Waals surface area contributed by atoms with Crippen molar-refractivity contribution in [3.8, 4) is 0 Å². The maximum absolute atomic E-state index is 11.8. The van der Waals surface area contributed by atoms with E-state index in [1.807, 2.05) is 0 Å². The van der Waals surface area contributed by atoms with Crippen molar-refractivity contribution < 1.29 is 14.6 Å². The van der Waals surface area contributed by atoms with Gasteiger partial charge >= 0.3 is 0 Å². The summed E-state index contributed by atoms with van der Waals surface area (Å²) in [5, 5.41) is 12.7. The predicted molar refractivity (Wildman–Crippen MR) is 60.0 cm³/mol. The van der Waals surface area contributed by atoms with Gasteiger partial charge in [-0.25, -0.2) is 9.67 Å². The fraction of sp³-hybridized carbons (Fsp3) is 0.667. The summed E-state index contributed by atoms with van der Waals surface area (Å²) in [4.78, 5) is 17.1.